The number of nitrogens with zero attached hydrogens (tertiary/aromatic N) is 1. The number of likely N-dealkylation sites (N-methyl/N-ethyl adjacent to an activating group) is 1. The second-order valence-corrected chi connectivity index (χ2v) is 8.44. The van der Waals surface area contributed by atoms with Gasteiger partial charge in [-0.25, -0.2) is 4.79 Å². The molecule has 3 rings (SSSR count). The van der Waals surface area contributed by atoms with Crippen molar-refractivity contribution in [1.82, 2.24) is 15.5 Å². The third-order valence-electron chi connectivity index (χ3n) is 5.01. The van der Waals surface area contributed by atoms with Crippen LogP contribution >= 0.6 is 11.3 Å². The normalized spacial score (nSPS) is 13.4. The maximum atomic E-state index is 12.3. The van der Waals surface area contributed by atoms with Crippen LogP contribution in [0, 0.1) is 0 Å². The van der Waals surface area contributed by atoms with E-state index in [2.05, 4.69) is 71.4 Å². The molecule has 0 saturated heterocycles. The van der Waals surface area contributed by atoms with Gasteiger partial charge in [-0.2, -0.15) is 0 Å². The van der Waals surface area contributed by atoms with Gasteiger partial charge in [0.2, 0.25) is 0 Å². The van der Waals surface area contributed by atoms with Gasteiger partial charge in [-0.05, 0) is 61.8 Å². The molecule has 0 spiro atoms. The van der Waals surface area contributed by atoms with Crippen molar-refractivity contribution in [1.29, 1.82) is 0 Å². The number of benzene rings is 2. The molecule has 1 heterocycles. The molecule has 28 heavy (non-hydrogen) atoms. The highest BCUT2D eigenvalue weighted by Crippen LogP contribution is 2.27. The van der Waals surface area contributed by atoms with Crippen LogP contribution in [0.5, 0.6) is 0 Å². The lowest BCUT2D eigenvalue weighted by Crippen LogP contribution is -2.47. The van der Waals surface area contributed by atoms with Crippen LogP contribution in [0.4, 0.5) is 4.79 Å². The molecule has 5 heteroatoms. The van der Waals surface area contributed by atoms with Gasteiger partial charge in [-0.3, -0.25) is 0 Å². The van der Waals surface area contributed by atoms with E-state index in [4.69, 9.17) is 0 Å². The lowest BCUT2D eigenvalue weighted by molar-refractivity contribution is 0.229. The number of hydrogen-bond donors (Lipinski definition) is 2. The molecule has 2 aromatic carbocycles. The van der Waals surface area contributed by atoms with Crippen LogP contribution < -0.4 is 10.6 Å². The largest absolute Gasteiger partial charge is 0.337 e. The highest BCUT2D eigenvalue weighted by Gasteiger charge is 2.16. The fourth-order valence-electron chi connectivity index (χ4n) is 3.39. The van der Waals surface area contributed by atoms with Crippen molar-refractivity contribution >= 4 is 27.5 Å². The Morgan fingerprint density at radius 3 is 2.50 bits per heavy atom. The number of carbonyl (C=O) groups is 1. The zero-order valence-corrected chi connectivity index (χ0v) is 17.6. The van der Waals surface area contributed by atoms with Crippen LogP contribution in [0.3, 0.4) is 0 Å². The van der Waals surface area contributed by atoms with Gasteiger partial charge in [0, 0.05) is 23.3 Å². The molecule has 2 amide bonds. The van der Waals surface area contributed by atoms with Gasteiger partial charge in [0.05, 0.1) is 0 Å². The molecule has 0 aliphatic carbocycles. The number of carbonyl (C=O) groups excluding carboxylic acids is 1. The number of hydrogen-bond acceptors (Lipinski definition) is 3. The van der Waals surface area contributed by atoms with Gasteiger partial charge in [0.15, 0.2) is 0 Å². The molecule has 0 aliphatic rings. The molecule has 0 fully saturated rings. The number of thiophene rings is 1. The number of rotatable bonds is 8. The van der Waals surface area contributed by atoms with Crippen LogP contribution in [0.2, 0.25) is 0 Å². The Hall–Kier alpha value is -2.37. The van der Waals surface area contributed by atoms with E-state index in [0.717, 1.165) is 12.8 Å². The first-order chi connectivity index (χ1) is 13.5. The Kier molecular flexibility index (Phi) is 7.06. The Morgan fingerprint density at radius 1 is 1.04 bits per heavy atom. The summed E-state index contributed by atoms with van der Waals surface area (Å²) in [5, 5.41) is 9.66. The average molecular weight is 396 g/mol. The summed E-state index contributed by atoms with van der Waals surface area (Å²) in [6.07, 6.45) is 1.74. The minimum absolute atomic E-state index is 0.0843. The summed E-state index contributed by atoms with van der Waals surface area (Å²) in [5.74, 6) is 0. The van der Waals surface area contributed by atoms with Gasteiger partial charge in [0.25, 0.3) is 0 Å². The van der Waals surface area contributed by atoms with E-state index in [1.807, 2.05) is 25.1 Å². The standard InChI is InChI=1S/C23H29N3OS/c1-17(13-18-9-5-4-6-10-18)25-23(27)24-15-20(26(2)3)14-19-16-28-22-12-8-7-11-21(19)22/h4-12,16-17,20H,13-15H2,1-3H3,(H2,24,25,27)/t17-,20+/m1/s1. The van der Waals surface area contributed by atoms with Crippen molar-refractivity contribution in [3.05, 3.63) is 71.1 Å². The van der Waals surface area contributed by atoms with Crippen LogP contribution in [0.15, 0.2) is 60.0 Å². The predicted octanol–water partition coefficient (Wildman–Crippen LogP) is 4.30. The fraction of sp³-hybridized carbons (Fsp3) is 0.348. The number of nitrogens with one attached hydrogen (secondary N) is 2. The Labute approximate surface area is 171 Å². The van der Waals surface area contributed by atoms with Crippen LogP contribution in [0.25, 0.3) is 10.1 Å². The Balaban J connectivity index is 1.52. The first kappa shape index (κ1) is 20.4. The zero-order chi connectivity index (χ0) is 19.9. The minimum atomic E-state index is -0.106. The number of urea groups is 1. The van der Waals surface area contributed by atoms with Crippen molar-refractivity contribution in [3.8, 4) is 0 Å². The van der Waals surface area contributed by atoms with Crippen molar-refractivity contribution in [2.45, 2.75) is 31.8 Å². The molecule has 2 N–H and O–H groups in total. The zero-order valence-electron chi connectivity index (χ0n) is 16.8. The van der Waals surface area contributed by atoms with Crippen molar-refractivity contribution < 1.29 is 4.79 Å². The molecule has 0 unspecified atom stereocenters. The summed E-state index contributed by atoms with van der Waals surface area (Å²) >= 11 is 1.78. The van der Waals surface area contributed by atoms with E-state index in [1.165, 1.54) is 21.2 Å². The molecular formula is C23H29N3OS. The topological polar surface area (TPSA) is 44.4 Å². The average Bonchev–Trinajstić information content (AvgIpc) is 3.08. The van der Waals surface area contributed by atoms with Gasteiger partial charge in [-0.1, -0.05) is 48.5 Å². The lowest BCUT2D eigenvalue weighted by Gasteiger charge is -2.25. The molecule has 2 atom stereocenters. The third-order valence-corrected chi connectivity index (χ3v) is 6.02. The van der Waals surface area contributed by atoms with Crippen LogP contribution in [0.1, 0.15) is 18.1 Å². The molecule has 0 bridgehead atoms. The van der Waals surface area contributed by atoms with Crippen molar-refractivity contribution in [2.24, 2.45) is 0 Å². The van der Waals surface area contributed by atoms with E-state index in [1.54, 1.807) is 11.3 Å². The maximum absolute atomic E-state index is 12.3. The second kappa shape index (κ2) is 9.71. The van der Waals surface area contributed by atoms with Crippen LogP contribution in [-0.4, -0.2) is 43.7 Å². The van der Waals surface area contributed by atoms with E-state index < -0.39 is 0 Å². The smallest absolute Gasteiger partial charge is 0.315 e. The monoisotopic (exact) mass is 395 g/mol. The molecule has 0 saturated carbocycles. The van der Waals surface area contributed by atoms with Gasteiger partial charge >= 0.3 is 6.03 Å². The molecule has 3 aromatic rings. The Bertz CT molecular complexity index is 891. The van der Waals surface area contributed by atoms with E-state index in [9.17, 15) is 4.79 Å². The maximum Gasteiger partial charge on any atom is 0.315 e. The van der Waals surface area contributed by atoms with Crippen molar-refractivity contribution in [3.63, 3.8) is 0 Å². The summed E-state index contributed by atoms with van der Waals surface area (Å²) in [6, 6.07) is 19.0. The Morgan fingerprint density at radius 2 is 1.75 bits per heavy atom. The van der Waals surface area contributed by atoms with Crippen LogP contribution in [-0.2, 0) is 12.8 Å². The summed E-state index contributed by atoms with van der Waals surface area (Å²) in [4.78, 5) is 14.5. The van der Waals surface area contributed by atoms with Crippen molar-refractivity contribution in [2.75, 3.05) is 20.6 Å². The minimum Gasteiger partial charge on any atom is -0.337 e. The number of amides is 2. The van der Waals surface area contributed by atoms with Gasteiger partial charge in [-0.15, -0.1) is 11.3 Å². The highest BCUT2D eigenvalue weighted by atomic mass is 32.1. The number of fused-ring (bicyclic) bond motifs is 1. The summed E-state index contributed by atoms with van der Waals surface area (Å²) in [6.45, 7) is 2.65. The predicted molar refractivity (Wildman–Crippen MR) is 119 cm³/mol. The molecule has 1 aromatic heterocycles. The fourth-order valence-corrected chi connectivity index (χ4v) is 4.36. The molecule has 0 aliphatic heterocycles. The van der Waals surface area contributed by atoms with E-state index in [-0.39, 0.29) is 18.1 Å². The van der Waals surface area contributed by atoms with E-state index in [0.29, 0.717) is 6.54 Å². The molecule has 0 radical (unpaired) electrons. The molecule has 4 nitrogen and oxygen atoms in total. The first-order valence-corrected chi connectivity index (χ1v) is 10.6. The highest BCUT2D eigenvalue weighted by molar-refractivity contribution is 7.17. The van der Waals surface area contributed by atoms with Gasteiger partial charge < -0.3 is 15.5 Å². The SMILES string of the molecule is C[C@H](Cc1ccccc1)NC(=O)NC[C@H](Cc1csc2ccccc12)N(C)C. The van der Waals surface area contributed by atoms with E-state index >= 15 is 0 Å². The second-order valence-electron chi connectivity index (χ2n) is 7.52. The molecule has 148 valence electrons. The molecular weight excluding hydrogens is 366 g/mol. The summed E-state index contributed by atoms with van der Waals surface area (Å²) in [5.41, 5.74) is 2.57. The summed E-state index contributed by atoms with van der Waals surface area (Å²) in [7, 11) is 4.13. The lowest BCUT2D eigenvalue weighted by atomic mass is 10.0. The van der Waals surface area contributed by atoms with Gasteiger partial charge in [0.1, 0.15) is 0 Å². The quantitative estimate of drug-likeness (QED) is 0.597. The first-order valence-electron chi connectivity index (χ1n) is 9.72. The third kappa shape index (κ3) is 5.57. The summed E-state index contributed by atoms with van der Waals surface area (Å²) < 4.78 is 1.32.